The molecule has 0 unspecified atom stereocenters. The van der Waals surface area contributed by atoms with Gasteiger partial charge < -0.3 is 10.2 Å². The van der Waals surface area contributed by atoms with Gasteiger partial charge in [-0.15, -0.1) is 0 Å². The van der Waals surface area contributed by atoms with E-state index in [1.807, 2.05) is 0 Å². The Hall–Kier alpha value is -2.54. The number of hydrogen-bond acceptors (Lipinski definition) is 3. The molecule has 0 spiro atoms. The molecular formula is C21H22F3N3O. The number of carbonyl (C=O) groups excluding carboxylic acids is 1. The highest BCUT2D eigenvalue weighted by molar-refractivity contribution is 5.94. The first-order chi connectivity index (χ1) is 13.4. The van der Waals surface area contributed by atoms with Crippen molar-refractivity contribution in [3.63, 3.8) is 0 Å². The molecule has 4 rings (SSSR count). The Morgan fingerprint density at radius 1 is 1.04 bits per heavy atom. The van der Waals surface area contributed by atoms with Crippen LogP contribution in [0.15, 0.2) is 42.5 Å². The molecule has 1 amide bonds. The molecule has 2 aromatic rings. The van der Waals surface area contributed by atoms with E-state index in [0.717, 1.165) is 31.6 Å². The van der Waals surface area contributed by atoms with Gasteiger partial charge in [-0.1, -0.05) is 24.3 Å². The lowest BCUT2D eigenvalue weighted by molar-refractivity contribution is -0.137. The van der Waals surface area contributed by atoms with Crippen molar-refractivity contribution in [3.8, 4) is 0 Å². The van der Waals surface area contributed by atoms with Crippen molar-refractivity contribution in [2.45, 2.75) is 19.1 Å². The van der Waals surface area contributed by atoms with Gasteiger partial charge >= 0.3 is 6.18 Å². The van der Waals surface area contributed by atoms with Gasteiger partial charge in [-0.25, -0.2) is 0 Å². The van der Waals surface area contributed by atoms with Crippen molar-refractivity contribution in [3.05, 3.63) is 64.7 Å². The lowest BCUT2D eigenvalue weighted by Crippen LogP contribution is -2.48. The molecule has 1 N–H and O–H groups in total. The molecule has 1 saturated heterocycles. The Kier molecular flexibility index (Phi) is 5.02. The van der Waals surface area contributed by atoms with Crippen LogP contribution >= 0.6 is 0 Å². The quantitative estimate of drug-likeness (QED) is 0.871. The maximum Gasteiger partial charge on any atom is 0.416 e. The van der Waals surface area contributed by atoms with Crippen LogP contribution in [0.3, 0.4) is 0 Å². The number of rotatable bonds is 3. The average molecular weight is 389 g/mol. The molecular weight excluding hydrogens is 367 g/mol. The number of carbonyl (C=O) groups is 1. The summed E-state index contributed by atoms with van der Waals surface area (Å²) in [7, 11) is 0. The second-order valence-corrected chi connectivity index (χ2v) is 7.27. The largest absolute Gasteiger partial charge is 0.416 e. The molecule has 28 heavy (non-hydrogen) atoms. The molecule has 0 atom stereocenters. The van der Waals surface area contributed by atoms with E-state index in [9.17, 15) is 18.0 Å². The number of amides is 1. The Labute approximate surface area is 161 Å². The molecule has 0 aliphatic carbocycles. The summed E-state index contributed by atoms with van der Waals surface area (Å²) in [5.74, 6) is -0.340. The lowest BCUT2D eigenvalue weighted by Gasteiger charge is -2.35. The molecule has 2 heterocycles. The minimum atomic E-state index is -4.45. The standard InChI is InChI=1S/C21H22F3N3O/c22-21(23,24)18-6-2-4-16(13-18)20(28)27-11-9-26(10-12-27)14-17-5-1-3-15-7-8-25-19(15)17/h1-6,13,25H,7-12,14H2. The summed E-state index contributed by atoms with van der Waals surface area (Å²) < 4.78 is 38.7. The van der Waals surface area contributed by atoms with E-state index in [1.165, 1.54) is 28.9 Å². The highest BCUT2D eigenvalue weighted by Crippen LogP contribution is 2.30. The molecule has 0 radical (unpaired) electrons. The van der Waals surface area contributed by atoms with E-state index in [1.54, 1.807) is 4.90 Å². The fraction of sp³-hybridized carbons (Fsp3) is 0.381. The summed E-state index contributed by atoms with van der Waals surface area (Å²) in [4.78, 5) is 16.5. The first-order valence-corrected chi connectivity index (χ1v) is 9.45. The van der Waals surface area contributed by atoms with Gasteiger partial charge in [0.1, 0.15) is 0 Å². The van der Waals surface area contributed by atoms with Crippen molar-refractivity contribution < 1.29 is 18.0 Å². The number of nitrogens with one attached hydrogen (secondary N) is 1. The molecule has 7 heteroatoms. The fourth-order valence-corrected chi connectivity index (χ4v) is 3.90. The highest BCUT2D eigenvalue weighted by Gasteiger charge is 2.31. The number of piperazine rings is 1. The van der Waals surface area contributed by atoms with Crippen LogP contribution in [0.1, 0.15) is 27.0 Å². The summed E-state index contributed by atoms with van der Waals surface area (Å²) in [5, 5.41) is 3.44. The van der Waals surface area contributed by atoms with E-state index in [-0.39, 0.29) is 11.5 Å². The number of anilines is 1. The molecule has 148 valence electrons. The van der Waals surface area contributed by atoms with Crippen LogP contribution in [0, 0.1) is 0 Å². The van der Waals surface area contributed by atoms with Crippen LogP contribution in [-0.2, 0) is 19.1 Å². The van der Waals surface area contributed by atoms with E-state index < -0.39 is 11.7 Å². The van der Waals surface area contributed by atoms with Crippen LogP contribution in [-0.4, -0.2) is 48.4 Å². The van der Waals surface area contributed by atoms with Gasteiger partial charge in [0.05, 0.1) is 5.56 Å². The minimum Gasteiger partial charge on any atom is -0.384 e. The normalized spacial score (nSPS) is 17.3. The molecule has 1 fully saturated rings. The predicted molar refractivity (Wildman–Crippen MR) is 101 cm³/mol. The molecule has 2 aromatic carbocycles. The van der Waals surface area contributed by atoms with Crippen molar-refractivity contribution >= 4 is 11.6 Å². The Bertz CT molecular complexity index is 873. The first-order valence-electron chi connectivity index (χ1n) is 9.45. The van der Waals surface area contributed by atoms with Crippen molar-refractivity contribution in [1.82, 2.24) is 9.80 Å². The zero-order valence-electron chi connectivity index (χ0n) is 15.4. The SMILES string of the molecule is O=C(c1cccc(C(F)(F)F)c1)N1CCN(Cc2cccc3c2NCC3)CC1. The number of para-hydroxylation sites is 1. The zero-order chi connectivity index (χ0) is 19.7. The summed E-state index contributed by atoms with van der Waals surface area (Å²) in [5.41, 5.74) is 3.13. The topological polar surface area (TPSA) is 35.6 Å². The molecule has 2 aliphatic rings. The van der Waals surface area contributed by atoms with Gasteiger partial charge in [-0.2, -0.15) is 13.2 Å². The van der Waals surface area contributed by atoms with E-state index in [4.69, 9.17) is 0 Å². The maximum atomic E-state index is 12.9. The van der Waals surface area contributed by atoms with E-state index >= 15 is 0 Å². The molecule has 4 nitrogen and oxygen atoms in total. The molecule has 0 saturated carbocycles. The summed E-state index contributed by atoms with van der Waals surface area (Å²) in [6.07, 6.45) is -3.40. The number of fused-ring (bicyclic) bond motifs is 1. The molecule has 0 aromatic heterocycles. The van der Waals surface area contributed by atoms with Gasteiger partial charge in [0.25, 0.3) is 5.91 Å². The third-order valence-electron chi connectivity index (χ3n) is 5.42. The van der Waals surface area contributed by atoms with Crippen LogP contribution in [0.2, 0.25) is 0 Å². The Morgan fingerprint density at radius 2 is 1.79 bits per heavy atom. The van der Waals surface area contributed by atoms with Gasteiger partial charge in [-0.3, -0.25) is 9.69 Å². The van der Waals surface area contributed by atoms with E-state index in [0.29, 0.717) is 26.2 Å². The number of benzene rings is 2. The average Bonchev–Trinajstić information content (AvgIpc) is 3.17. The smallest absolute Gasteiger partial charge is 0.384 e. The minimum absolute atomic E-state index is 0.0911. The first kappa shape index (κ1) is 18.8. The van der Waals surface area contributed by atoms with Crippen molar-refractivity contribution in [2.24, 2.45) is 0 Å². The predicted octanol–water partition coefficient (Wildman–Crippen LogP) is 3.63. The van der Waals surface area contributed by atoms with Crippen molar-refractivity contribution in [2.75, 3.05) is 38.0 Å². The van der Waals surface area contributed by atoms with Crippen LogP contribution in [0.25, 0.3) is 0 Å². The van der Waals surface area contributed by atoms with Gasteiger partial charge in [0.2, 0.25) is 0 Å². The lowest BCUT2D eigenvalue weighted by atomic mass is 10.1. The fourth-order valence-electron chi connectivity index (χ4n) is 3.90. The Morgan fingerprint density at radius 3 is 2.54 bits per heavy atom. The number of halogens is 3. The maximum absolute atomic E-state index is 12.9. The van der Waals surface area contributed by atoms with Crippen LogP contribution in [0.4, 0.5) is 18.9 Å². The van der Waals surface area contributed by atoms with Crippen LogP contribution in [0.5, 0.6) is 0 Å². The third kappa shape index (κ3) is 3.85. The monoisotopic (exact) mass is 389 g/mol. The van der Waals surface area contributed by atoms with E-state index in [2.05, 4.69) is 28.4 Å². The molecule has 2 aliphatic heterocycles. The zero-order valence-corrected chi connectivity index (χ0v) is 15.4. The number of nitrogens with zero attached hydrogens (tertiary/aromatic N) is 2. The second-order valence-electron chi connectivity index (χ2n) is 7.27. The second kappa shape index (κ2) is 7.47. The molecule has 0 bridgehead atoms. The van der Waals surface area contributed by atoms with Crippen molar-refractivity contribution in [1.29, 1.82) is 0 Å². The van der Waals surface area contributed by atoms with Crippen LogP contribution < -0.4 is 5.32 Å². The number of hydrogen-bond donors (Lipinski definition) is 1. The number of alkyl halides is 3. The van der Waals surface area contributed by atoms with Gasteiger partial charge in [-0.05, 0) is 35.7 Å². The summed E-state index contributed by atoms with van der Waals surface area (Å²) in [6.45, 7) is 4.20. The highest BCUT2D eigenvalue weighted by atomic mass is 19.4. The third-order valence-corrected chi connectivity index (χ3v) is 5.42. The summed E-state index contributed by atoms with van der Waals surface area (Å²) in [6, 6.07) is 11.0. The Balaban J connectivity index is 1.38. The van der Waals surface area contributed by atoms with Gasteiger partial charge in [0, 0.05) is 50.5 Å². The summed E-state index contributed by atoms with van der Waals surface area (Å²) >= 11 is 0. The van der Waals surface area contributed by atoms with Gasteiger partial charge in [0.15, 0.2) is 0 Å².